The lowest BCUT2D eigenvalue weighted by molar-refractivity contribution is -0.0348. The second-order valence-electron chi connectivity index (χ2n) is 5.86. The van der Waals surface area contributed by atoms with Gasteiger partial charge in [-0.2, -0.15) is 0 Å². The number of benzene rings is 1. The van der Waals surface area contributed by atoms with Crippen molar-refractivity contribution in [2.45, 2.75) is 19.4 Å². The molecule has 20 heavy (non-hydrogen) atoms. The Morgan fingerprint density at radius 2 is 2.25 bits per heavy atom. The molecule has 2 aliphatic rings. The summed E-state index contributed by atoms with van der Waals surface area (Å²) in [5.41, 5.74) is 1.77. The molecule has 4 heteroatoms. The third kappa shape index (κ3) is 3.19. The highest BCUT2D eigenvalue weighted by Gasteiger charge is 2.26. The number of rotatable bonds is 3. The molecule has 1 aromatic rings. The van der Waals surface area contributed by atoms with Crippen molar-refractivity contribution in [2.24, 2.45) is 5.92 Å². The molecule has 0 spiro atoms. The first kappa shape index (κ1) is 14.0. The van der Waals surface area contributed by atoms with E-state index in [1.165, 1.54) is 6.07 Å². The molecule has 0 radical (unpaired) electrons. The highest BCUT2D eigenvalue weighted by Crippen LogP contribution is 2.25. The van der Waals surface area contributed by atoms with Crippen LogP contribution in [0.4, 0.5) is 4.39 Å². The molecule has 2 heterocycles. The molecule has 1 aromatic carbocycles. The average molecular weight is 279 g/mol. The van der Waals surface area contributed by atoms with E-state index in [0.717, 1.165) is 51.4 Å². The topological polar surface area (TPSA) is 21.7 Å². The number of ether oxygens (including phenoxy) is 2. The number of hydrogen-bond donors (Lipinski definition) is 0. The molecule has 0 N–H and O–H groups in total. The van der Waals surface area contributed by atoms with Gasteiger partial charge in [-0.05, 0) is 36.5 Å². The van der Waals surface area contributed by atoms with Crippen molar-refractivity contribution in [3.05, 3.63) is 35.1 Å². The summed E-state index contributed by atoms with van der Waals surface area (Å²) in [6.45, 7) is 7.28. The normalized spacial score (nSPS) is 27.9. The van der Waals surface area contributed by atoms with Crippen LogP contribution < -0.4 is 0 Å². The maximum absolute atomic E-state index is 13.3. The molecular weight excluding hydrogens is 257 g/mol. The third-order valence-corrected chi connectivity index (χ3v) is 4.24. The van der Waals surface area contributed by atoms with E-state index in [9.17, 15) is 4.39 Å². The van der Waals surface area contributed by atoms with Crippen LogP contribution in [0.25, 0.3) is 0 Å². The van der Waals surface area contributed by atoms with Gasteiger partial charge in [-0.15, -0.1) is 0 Å². The van der Waals surface area contributed by atoms with E-state index in [4.69, 9.17) is 9.47 Å². The molecule has 0 aliphatic carbocycles. The van der Waals surface area contributed by atoms with Gasteiger partial charge in [0.05, 0.1) is 19.3 Å². The van der Waals surface area contributed by atoms with Crippen LogP contribution in [0.5, 0.6) is 0 Å². The van der Waals surface area contributed by atoms with E-state index in [2.05, 4.69) is 4.90 Å². The van der Waals surface area contributed by atoms with Crippen molar-refractivity contribution in [2.75, 3.05) is 39.5 Å². The zero-order chi connectivity index (χ0) is 13.9. The van der Waals surface area contributed by atoms with Crippen LogP contribution in [0.15, 0.2) is 18.2 Å². The second-order valence-corrected chi connectivity index (χ2v) is 5.86. The highest BCUT2D eigenvalue weighted by atomic mass is 19.1. The first-order valence-electron chi connectivity index (χ1n) is 7.40. The molecule has 3 rings (SSSR count). The molecule has 2 saturated heterocycles. The maximum Gasteiger partial charge on any atom is 0.126 e. The molecule has 0 saturated carbocycles. The Morgan fingerprint density at radius 3 is 3.00 bits per heavy atom. The smallest absolute Gasteiger partial charge is 0.126 e. The van der Waals surface area contributed by atoms with Gasteiger partial charge in [-0.3, -0.25) is 4.90 Å². The molecule has 2 fully saturated rings. The SMILES string of the molecule is Cc1cc(C2CN(CC3CCOC3)CCO2)ccc1F. The Bertz CT molecular complexity index is 460. The van der Waals surface area contributed by atoms with Gasteiger partial charge in [0.15, 0.2) is 0 Å². The van der Waals surface area contributed by atoms with Gasteiger partial charge >= 0.3 is 0 Å². The summed E-state index contributed by atoms with van der Waals surface area (Å²) in [7, 11) is 0. The first-order chi connectivity index (χ1) is 9.72. The van der Waals surface area contributed by atoms with E-state index >= 15 is 0 Å². The van der Waals surface area contributed by atoms with E-state index < -0.39 is 0 Å². The van der Waals surface area contributed by atoms with E-state index in [-0.39, 0.29) is 11.9 Å². The molecule has 0 aromatic heterocycles. The van der Waals surface area contributed by atoms with Crippen molar-refractivity contribution >= 4 is 0 Å². The van der Waals surface area contributed by atoms with Crippen LogP contribution in [-0.2, 0) is 9.47 Å². The summed E-state index contributed by atoms with van der Waals surface area (Å²) in [5.74, 6) is 0.508. The highest BCUT2D eigenvalue weighted by molar-refractivity contribution is 5.26. The number of morpholine rings is 1. The van der Waals surface area contributed by atoms with E-state index in [1.54, 1.807) is 6.92 Å². The van der Waals surface area contributed by atoms with Gasteiger partial charge in [0, 0.05) is 26.2 Å². The molecule has 110 valence electrons. The molecule has 0 amide bonds. The van der Waals surface area contributed by atoms with Gasteiger partial charge in [0.25, 0.3) is 0 Å². The number of aryl methyl sites for hydroxylation is 1. The number of nitrogens with zero attached hydrogens (tertiary/aromatic N) is 1. The molecule has 3 nitrogen and oxygen atoms in total. The predicted octanol–water partition coefficient (Wildman–Crippen LogP) is 2.54. The van der Waals surface area contributed by atoms with Crippen molar-refractivity contribution in [3.8, 4) is 0 Å². The number of hydrogen-bond acceptors (Lipinski definition) is 3. The zero-order valence-electron chi connectivity index (χ0n) is 12.0. The fraction of sp³-hybridized carbons (Fsp3) is 0.625. The molecule has 2 aliphatic heterocycles. The summed E-state index contributed by atoms with van der Waals surface area (Å²) < 4.78 is 24.6. The zero-order valence-corrected chi connectivity index (χ0v) is 12.0. The summed E-state index contributed by atoms with van der Waals surface area (Å²) >= 11 is 0. The van der Waals surface area contributed by atoms with Crippen molar-refractivity contribution in [3.63, 3.8) is 0 Å². The van der Waals surface area contributed by atoms with Crippen molar-refractivity contribution in [1.29, 1.82) is 0 Å². The summed E-state index contributed by atoms with van der Waals surface area (Å²) in [6, 6.07) is 5.29. The average Bonchev–Trinajstić information content (AvgIpc) is 2.95. The Hall–Kier alpha value is -0.970. The van der Waals surface area contributed by atoms with Gasteiger partial charge in [0.1, 0.15) is 5.82 Å². The minimum absolute atomic E-state index is 0.0605. The molecule has 2 unspecified atom stereocenters. The summed E-state index contributed by atoms with van der Waals surface area (Å²) in [5, 5.41) is 0. The van der Waals surface area contributed by atoms with Gasteiger partial charge < -0.3 is 9.47 Å². The molecule has 2 atom stereocenters. The monoisotopic (exact) mass is 279 g/mol. The van der Waals surface area contributed by atoms with Crippen LogP contribution >= 0.6 is 0 Å². The second kappa shape index (κ2) is 6.20. The standard InChI is InChI=1S/C16H22FNO2/c1-12-8-14(2-3-15(12)17)16-10-18(5-7-20-16)9-13-4-6-19-11-13/h2-3,8,13,16H,4-7,9-11H2,1H3. The van der Waals surface area contributed by atoms with Gasteiger partial charge in [0.2, 0.25) is 0 Å². The Labute approximate surface area is 119 Å². The molecule has 0 bridgehead atoms. The van der Waals surface area contributed by atoms with Crippen LogP contribution in [0, 0.1) is 18.7 Å². The van der Waals surface area contributed by atoms with Crippen LogP contribution in [0.1, 0.15) is 23.7 Å². The minimum atomic E-state index is -0.149. The van der Waals surface area contributed by atoms with Crippen LogP contribution in [0.3, 0.4) is 0 Å². The Balaban J connectivity index is 1.63. The third-order valence-electron chi connectivity index (χ3n) is 4.24. The lowest BCUT2D eigenvalue weighted by atomic mass is 10.0. The van der Waals surface area contributed by atoms with E-state index in [1.807, 2.05) is 12.1 Å². The van der Waals surface area contributed by atoms with Gasteiger partial charge in [-0.25, -0.2) is 4.39 Å². The fourth-order valence-corrected chi connectivity index (χ4v) is 3.03. The number of halogens is 1. The Morgan fingerprint density at radius 1 is 1.35 bits per heavy atom. The van der Waals surface area contributed by atoms with E-state index in [0.29, 0.717) is 11.5 Å². The van der Waals surface area contributed by atoms with Crippen molar-refractivity contribution < 1.29 is 13.9 Å². The Kier molecular flexibility index (Phi) is 4.34. The first-order valence-corrected chi connectivity index (χ1v) is 7.40. The van der Waals surface area contributed by atoms with Crippen molar-refractivity contribution in [1.82, 2.24) is 4.90 Å². The lowest BCUT2D eigenvalue weighted by Crippen LogP contribution is -2.41. The quantitative estimate of drug-likeness (QED) is 0.848. The fourth-order valence-electron chi connectivity index (χ4n) is 3.03. The predicted molar refractivity (Wildman–Crippen MR) is 75.2 cm³/mol. The lowest BCUT2D eigenvalue weighted by Gasteiger charge is -2.34. The van der Waals surface area contributed by atoms with Gasteiger partial charge in [-0.1, -0.05) is 12.1 Å². The summed E-state index contributed by atoms with van der Waals surface area (Å²) in [4.78, 5) is 2.45. The molecular formula is C16H22FNO2. The van der Waals surface area contributed by atoms with Crippen LogP contribution in [0.2, 0.25) is 0 Å². The van der Waals surface area contributed by atoms with Crippen LogP contribution in [-0.4, -0.2) is 44.4 Å². The summed E-state index contributed by atoms with van der Waals surface area (Å²) in [6.07, 6.45) is 1.22. The minimum Gasteiger partial charge on any atom is -0.381 e. The maximum atomic E-state index is 13.3. The largest absolute Gasteiger partial charge is 0.381 e.